The normalized spacial score (nSPS) is 10.6. The fourth-order valence-corrected chi connectivity index (χ4v) is 2.69. The number of aryl methyl sites for hydroxylation is 1. The van der Waals surface area contributed by atoms with Gasteiger partial charge in [-0.05, 0) is 18.2 Å². The number of hydrogen-bond donors (Lipinski definition) is 1. The highest BCUT2D eigenvalue weighted by Crippen LogP contribution is 2.23. The van der Waals surface area contributed by atoms with E-state index in [1.54, 1.807) is 13.1 Å². The predicted octanol–water partition coefficient (Wildman–Crippen LogP) is 1.60. The largest absolute Gasteiger partial charge is 0.538 e. The van der Waals surface area contributed by atoms with Gasteiger partial charge in [0.05, 0.1) is 11.0 Å². The van der Waals surface area contributed by atoms with Crippen LogP contribution in [0.5, 0.6) is 5.95 Å². The predicted molar refractivity (Wildman–Crippen MR) is 75.2 cm³/mol. The van der Waals surface area contributed by atoms with Crippen molar-refractivity contribution < 1.29 is 23.5 Å². The van der Waals surface area contributed by atoms with Gasteiger partial charge in [-0.15, -0.1) is 0 Å². The van der Waals surface area contributed by atoms with Crippen molar-refractivity contribution in [3.8, 4) is 5.95 Å². The van der Waals surface area contributed by atoms with E-state index in [0.717, 1.165) is 11.8 Å². The molecular weight excluding hydrogens is 365 g/mol. The van der Waals surface area contributed by atoms with Crippen molar-refractivity contribution in [2.45, 2.75) is 11.4 Å². The van der Waals surface area contributed by atoms with Crippen LogP contribution in [0.15, 0.2) is 32.2 Å². The maximum Gasteiger partial charge on any atom is 0.290 e. The number of rotatable bonds is 5. The molecule has 0 saturated heterocycles. The van der Waals surface area contributed by atoms with Crippen molar-refractivity contribution in [3.63, 3.8) is 0 Å². The SMILES string of the molecule is C[n+]1noc([O-])c1SCCC(=O)Nc1ccc(Br)cc1F. The van der Waals surface area contributed by atoms with E-state index in [1.165, 1.54) is 16.8 Å². The maximum atomic E-state index is 13.5. The van der Waals surface area contributed by atoms with E-state index in [2.05, 4.69) is 31.0 Å². The summed E-state index contributed by atoms with van der Waals surface area (Å²) in [6.07, 6.45) is 0.130. The first kappa shape index (κ1) is 15.8. The van der Waals surface area contributed by atoms with Gasteiger partial charge in [-0.3, -0.25) is 4.79 Å². The zero-order valence-electron chi connectivity index (χ0n) is 10.9. The number of anilines is 1. The second-order valence-corrected chi connectivity index (χ2v) is 6.06. The minimum atomic E-state index is -0.540. The Hall–Kier alpha value is -1.61. The van der Waals surface area contributed by atoms with E-state index in [9.17, 15) is 14.3 Å². The molecule has 0 aliphatic rings. The molecule has 0 radical (unpaired) electrons. The van der Waals surface area contributed by atoms with Gasteiger partial charge >= 0.3 is 0 Å². The zero-order valence-corrected chi connectivity index (χ0v) is 13.3. The van der Waals surface area contributed by atoms with E-state index < -0.39 is 11.8 Å². The molecule has 0 aliphatic carbocycles. The van der Waals surface area contributed by atoms with Gasteiger partial charge in [0, 0.05) is 16.6 Å². The Balaban J connectivity index is 1.85. The number of aromatic nitrogens is 2. The molecule has 2 rings (SSSR count). The number of benzene rings is 1. The molecule has 1 amide bonds. The number of thioether (sulfide) groups is 1. The molecular formula is C12H11BrFN3O3S. The molecule has 0 aliphatic heterocycles. The standard InChI is InChI=1S/C12H11BrFN3O3S/c1-17-11(12(19)20-16-17)21-5-4-10(18)15-9-3-2-7(13)6-8(9)14/h2-3,6H,4-5H2,1H3,(H-,15,16,18,19). The Kier molecular flexibility index (Phi) is 5.18. The highest BCUT2D eigenvalue weighted by atomic mass is 79.9. The Morgan fingerprint density at radius 1 is 1.62 bits per heavy atom. The monoisotopic (exact) mass is 375 g/mol. The maximum absolute atomic E-state index is 13.5. The minimum Gasteiger partial charge on any atom is -0.538 e. The lowest BCUT2D eigenvalue weighted by Gasteiger charge is -2.06. The molecule has 1 heterocycles. The first-order chi connectivity index (χ1) is 9.97. The molecule has 0 saturated carbocycles. The second kappa shape index (κ2) is 6.90. The van der Waals surface area contributed by atoms with Crippen molar-refractivity contribution in [1.29, 1.82) is 0 Å². The summed E-state index contributed by atoms with van der Waals surface area (Å²) < 4.78 is 19.9. The number of nitrogens with zero attached hydrogens (tertiary/aromatic N) is 2. The number of carbonyl (C=O) groups is 1. The summed E-state index contributed by atoms with van der Waals surface area (Å²) in [5, 5.41) is 17.5. The molecule has 0 unspecified atom stereocenters. The highest BCUT2D eigenvalue weighted by molar-refractivity contribution is 9.10. The Morgan fingerprint density at radius 3 is 3.00 bits per heavy atom. The average molecular weight is 376 g/mol. The molecule has 6 nitrogen and oxygen atoms in total. The number of hydrogen-bond acceptors (Lipinski definition) is 5. The van der Waals surface area contributed by atoms with E-state index in [0.29, 0.717) is 15.3 Å². The molecule has 0 spiro atoms. The van der Waals surface area contributed by atoms with Gasteiger partial charge in [-0.2, -0.15) is 0 Å². The summed E-state index contributed by atoms with van der Waals surface area (Å²) in [7, 11) is 1.57. The number of amides is 1. The van der Waals surface area contributed by atoms with E-state index in [1.807, 2.05) is 0 Å². The molecule has 21 heavy (non-hydrogen) atoms. The van der Waals surface area contributed by atoms with Crippen molar-refractivity contribution >= 4 is 39.3 Å². The van der Waals surface area contributed by atoms with Gasteiger partial charge < -0.3 is 14.9 Å². The topological polar surface area (TPSA) is 82.1 Å². The Labute approximate surface area is 132 Å². The van der Waals surface area contributed by atoms with E-state index in [-0.39, 0.29) is 18.0 Å². The summed E-state index contributed by atoms with van der Waals surface area (Å²) >= 11 is 4.30. The summed E-state index contributed by atoms with van der Waals surface area (Å²) in [6, 6.07) is 4.37. The van der Waals surface area contributed by atoms with Crippen molar-refractivity contribution in [1.82, 2.24) is 5.27 Å². The third kappa shape index (κ3) is 4.18. The average Bonchev–Trinajstić information content (AvgIpc) is 2.74. The van der Waals surface area contributed by atoms with Crippen molar-refractivity contribution in [3.05, 3.63) is 28.5 Å². The van der Waals surface area contributed by atoms with Crippen LogP contribution in [0, 0.1) is 5.82 Å². The van der Waals surface area contributed by atoms with Gasteiger partial charge in [0.1, 0.15) is 5.82 Å². The summed E-state index contributed by atoms with van der Waals surface area (Å²) in [5.41, 5.74) is 0.119. The minimum absolute atomic E-state index is 0.119. The molecule has 0 bridgehead atoms. The van der Waals surface area contributed by atoms with Gasteiger partial charge in [0.15, 0.2) is 13.0 Å². The molecule has 1 aromatic carbocycles. The number of carbonyl (C=O) groups excluding carboxylic acids is 1. The number of nitrogens with one attached hydrogen (secondary N) is 1. The van der Waals surface area contributed by atoms with Gasteiger partial charge in [0.2, 0.25) is 5.91 Å². The van der Waals surface area contributed by atoms with Gasteiger partial charge in [-0.25, -0.2) is 4.39 Å². The van der Waals surface area contributed by atoms with Gasteiger partial charge in [0.25, 0.3) is 5.03 Å². The Bertz CT molecular complexity index is 646. The fourth-order valence-electron chi connectivity index (χ4n) is 1.50. The number of halogens is 2. The quantitative estimate of drug-likeness (QED) is 0.633. The molecule has 0 fully saturated rings. The summed E-state index contributed by atoms with van der Waals surface area (Å²) in [5.74, 6) is -1.04. The van der Waals surface area contributed by atoms with Crippen LogP contribution in [0.25, 0.3) is 0 Å². The molecule has 112 valence electrons. The lowest BCUT2D eigenvalue weighted by molar-refractivity contribution is -0.772. The first-order valence-electron chi connectivity index (χ1n) is 5.88. The Morgan fingerprint density at radius 2 is 2.38 bits per heavy atom. The van der Waals surface area contributed by atoms with Crippen LogP contribution in [0.4, 0.5) is 10.1 Å². The third-order valence-electron chi connectivity index (χ3n) is 2.49. The molecule has 1 aromatic heterocycles. The lowest BCUT2D eigenvalue weighted by atomic mass is 10.3. The van der Waals surface area contributed by atoms with Crippen molar-refractivity contribution in [2.75, 3.05) is 11.1 Å². The van der Waals surface area contributed by atoms with E-state index >= 15 is 0 Å². The van der Waals surface area contributed by atoms with Gasteiger partial charge in [-0.1, -0.05) is 32.4 Å². The zero-order chi connectivity index (χ0) is 15.4. The second-order valence-electron chi connectivity index (χ2n) is 4.06. The van der Waals surface area contributed by atoms with Crippen LogP contribution in [0.1, 0.15) is 6.42 Å². The summed E-state index contributed by atoms with van der Waals surface area (Å²) in [6.45, 7) is 0. The molecule has 9 heteroatoms. The van der Waals surface area contributed by atoms with Crippen LogP contribution in [-0.4, -0.2) is 16.9 Å². The lowest BCUT2D eigenvalue weighted by Crippen LogP contribution is -2.32. The third-order valence-corrected chi connectivity index (χ3v) is 4.09. The molecule has 0 atom stereocenters. The van der Waals surface area contributed by atoms with Crippen LogP contribution < -0.4 is 15.1 Å². The molecule has 1 N–H and O–H groups in total. The van der Waals surface area contributed by atoms with Crippen molar-refractivity contribution in [2.24, 2.45) is 7.05 Å². The first-order valence-corrected chi connectivity index (χ1v) is 7.66. The smallest absolute Gasteiger partial charge is 0.290 e. The van der Waals surface area contributed by atoms with Crippen LogP contribution in [-0.2, 0) is 11.8 Å². The molecule has 2 aromatic rings. The van der Waals surface area contributed by atoms with Crippen LogP contribution in [0.2, 0.25) is 0 Å². The summed E-state index contributed by atoms with van der Waals surface area (Å²) in [4.78, 5) is 11.7. The van der Waals surface area contributed by atoms with Crippen LogP contribution in [0.3, 0.4) is 0 Å². The van der Waals surface area contributed by atoms with Crippen LogP contribution >= 0.6 is 27.7 Å². The van der Waals surface area contributed by atoms with E-state index in [4.69, 9.17) is 0 Å². The fraction of sp³-hybridized carbons (Fsp3) is 0.250. The highest BCUT2D eigenvalue weighted by Gasteiger charge is 2.15.